The van der Waals surface area contributed by atoms with E-state index in [9.17, 15) is 30.3 Å². The molecule has 2 heterocycles. The molecule has 0 saturated carbocycles. The van der Waals surface area contributed by atoms with Crippen molar-refractivity contribution in [3.8, 4) is 0 Å². The monoisotopic (exact) mass is 437 g/mol. The Kier molecular flexibility index (Phi) is 9.85. The standard InChI is InChI=1S/C19H35NO10/c1-4-6-27-17-10(7-20-12(22)5-2)29-19(16(26)15(17)25)30-18-11(8-21)28-9(3)13(23)14(18)24/h9-11,13-19,21,23-26H,4-8H2,1-3H3,(H,20,22)/t9-,10-,11-,13+,14-,15-,16-,17?,18?,19-/m1/s1. The lowest BCUT2D eigenvalue weighted by Gasteiger charge is -2.46. The molecule has 0 aromatic rings. The minimum atomic E-state index is -1.53. The predicted molar refractivity (Wildman–Crippen MR) is 102 cm³/mol. The van der Waals surface area contributed by atoms with Crippen molar-refractivity contribution in [2.45, 2.75) is 94.8 Å². The fraction of sp³-hybridized carbons (Fsp3) is 0.947. The third kappa shape index (κ3) is 5.87. The molecule has 0 aromatic carbocycles. The number of nitrogens with one attached hydrogen (secondary N) is 1. The molecule has 11 nitrogen and oxygen atoms in total. The maximum atomic E-state index is 11.7. The van der Waals surface area contributed by atoms with Gasteiger partial charge in [0.2, 0.25) is 5.91 Å². The second kappa shape index (κ2) is 11.7. The van der Waals surface area contributed by atoms with Gasteiger partial charge < -0.3 is 49.8 Å². The van der Waals surface area contributed by atoms with E-state index in [4.69, 9.17) is 18.9 Å². The summed E-state index contributed by atoms with van der Waals surface area (Å²) in [5.74, 6) is -0.223. The molecule has 6 N–H and O–H groups in total. The van der Waals surface area contributed by atoms with Crippen LogP contribution in [-0.4, -0.2) is 112 Å². The molecule has 1 amide bonds. The number of amides is 1. The van der Waals surface area contributed by atoms with Crippen LogP contribution < -0.4 is 5.32 Å². The lowest BCUT2D eigenvalue weighted by atomic mass is 9.94. The summed E-state index contributed by atoms with van der Waals surface area (Å²) in [7, 11) is 0. The van der Waals surface area contributed by atoms with E-state index in [1.165, 1.54) is 0 Å². The molecule has 11 heteroatoms. The number of carbonyl (C=O) groups excluding carboxylic acids is 1. The highest BCUT2D eigenvalue weighted by atomic mass is 16.7. The van der Waals surface area contributed by atoms with Crippen molar-refractivity contribution in [1.82, 2.24) is 5.32 Å². The zero-order chi connectivity index (χ0) is 22.4. The van der Waals surface area contributed by atoms with Crippen molar-refractivity contribution in [3.05, 3.63) is 0 Å². The van der Waals surface area contributed by atoms with Crippen LogP contribution >= 0.6 is 0 Å². The Morgan fingerprint density at radius 1 is 0.967 bits per heavy atom. The molecule has 0 spiro atoms. The molecule has 2 saturated heterocycles. The van der Waals surface area contributed by atoms with Crippen LogP contribution in [0, 0.1) is 0 Å². The van der Waals surface area contributed by atoms with E-state index in [0.717, 1.165) is 0 Å². The van der Waals surface area contributed by atoms with Crippen molar-refractivity contribution in [2.24, 2.45) is 0 Å². The van der Waals surface area contributed by atoms with E-state index in [1.807, 2.05) is 6.92 Å². The number of aliphatic hydroxyl groups is 5. The summed E-state index contributed by atoms with van der Waals surface area (Å²) in [6.07, 6.45) is -10.8. The van der Waals surface area contributed by atoms with Gasteiger partial charge in [-0.3, -0.25) is 4.79 Å². The molecule has 2 aliphatic heterocycles. The maximum Gasteiger partial charge on any atom is 0.219 e. The third-order valence-corrected chi connectivity index (χ3v) is 5.37. The highest BCUT2D eigenvalue weighted by Crippen LogP contribution is 2.30. The highest BCUT2D eigenvalue weighted by Gasteiger charge is 2.50. The molecule has 10 atom stereocenters. The molecule has 2 fully saturated rings. The number of ether oxygens (including phenoxy) is 4. The molecule has 0 aromatic heterocycles. The van der Waals surface area contributed by atoms with Crippen LogP contribution in [-0.2, 0) is 23.7 Å². The molecule has 0 aliphatic carbocycles. The Bertz CT molecular complexity index is 535. The first-order valence-electron chi connectivity index (χ1n) is 10.4. The highest BCUT2D eigenvalue weighted by molar-refractivity contribution is 5.75. The van der Waals surface area contributed by atoms with Crippen LogP contribution in [0.5, 0.6) is 0 Å². The van der Waals surface area contributed by atoms with E-state index >= 15 is 0 Å². The van der Waals surface area contributed by atoms with Gasteiger partial charge in [-0.05, 0) is 13.3 Å². The number of aliphatic hydroxyl groups excluding tert-OH is 5. The minimum Gasteiger partial charge on any atom is -0.394 e. The summed E-state index contributed by atoms with van der Waals surface area (Å²) in [6, 6.07) is 0. The minimum absolute atomic E-state index is 0.0114. The van der Waals surface area contributed by atoms with E-state index in [1.54, 1.807) is 13.8 Å². The van der Waals surface area contributed by atoms with E-state index < -0.39 is 67.8 Å². The second-order valence-electron chi connectivity index (χ2n) is 7.66. The van der Waals surface area contributed by atoms with Crippen molar-refractivity contribution in [1.29, 1.82) is 0 Å². The summed E-state index contributed by atoms with van der Waals surface area (Å²) in [5.41, 5.74) is 0. The summed E-state index contributed by atoms with van der Waals surface area (Å²) in [6.45, 7) is 4.95. The van der Waals surface area contributed by atoms with Gasteiger partial charge in [-0.2, -0.15) is 0 Å². The fourth-order valence-corrected chi connectivity index (χ4v) is 3.58. The summed E-state index contributed by atoms with van der Waals surface area (Å²) < 4.78 is 22.5. The fourth-order valence-electron chi connectivity index (χ4n) is 3.58. The average molecular weight is 437 g/mol. The van der Waals surface area contributed by atoms with Crippen molar-refractivity contribution >= 4 is 5.91 Å². The zero-order valence-electron chi connectivity index (χ0n) is 17.6. The van der Waals surface area contributed by atoms with Crippen LogP contribution in [0.4, 0.5) is 0 Å². The van der Waals surface area contributed by atoms with Crippen LogP contribution in [0.2, 0.25) is 0 Å². The summed E-state index contributed by atoms with van der Waals surface area (Å²) in [4.78, 5) is 11.7. The largest absolute Gasteiger partial charge is 0.394 e. The third-order valence-electron chi connectivity index (χ3n) is 5.37. The molecule has 2 aliphatic rings. The van der Waals surface area contributed by atoms with Crippen molar-refractivity contribution in [3.63, 3.8) is 0 Å². The quantitative estimate of drug-likeness (QED) is 0.230. The van der Waals surface area contributed by atoms with Crippen LogP contribution in [0.3, 0.4) is 0 Å². The average Bonchev–Trinajstić information content (AvgIpc) is 2.74. The van der Waals surface area contributed by atoms with Crippen LogP contribution in [0.1, 0.15) is 33.6 Å². The van der Waals surface area contributed by atoms with Gasteiger partial charge in [0.25, 0.3) is 0 Å². The molecule has 176 valence electrons. The van der Waals surface area contributed by atoms with E-state index in [2.05, 4.69) is 5.32 Å². The lowest BCUT2D eigenvalue weighted by molar-refractivity contribution is -0.341. The number of hydrogen-bond donors (Lipinski definition) is 6. The molecule has 0 radical (unpaired) electrons. The molecule has 0 bridgehead atoms. The van der Waals surface area contributed by atoms with E-state index in [0.29, 0.717) is 13.0 Å². The summed E-state index contributed by atoms with van der Waals surface area (Å²) in [5, 5.41) is 53.8. The first-order chi connectivity index (χ1) is 14.2. The van der Waals surface area contributed by atoms with Gasteiger partial charge in [-0.25, -0.2) is 0 Å². The van der Waals surface area contributed by atoms with Crippen LogP contribution in [0.25, 0.3) is 0 Å². The Balaban J connectivity index is 2.15. The number of carbonyl (C=O) groups is 1. The Labute approximate surface area is 175 Å². The normalized spacial score (nSPS) is 42.1. The molecule has 30 heavy (non-hydrogen) atoms. The van der Waals surface area contributed by atoms with Crippen molar-refractivity contribution in [2.75, 3.05) is 19.8 Å². The van der Waals surface area contributed by atoms with Gasteiger partial charge in [-0.1, -0.05) is 13.8 Å². The first-order valence-corrected chi connectivity index (χ1v) is 10.4. The molecule has 2 rings (SSSR count). The van der Waals surface area contributed by atoms with Gasteiger partial charge in [0.05, 0.1) is 12.7 Å². The molecule has 2 unspecified atom stereocenters. The number of rotatable bonds is 9. The Morgan fingerprint density at radius 3 is 2.23 bits per heavy atom. The molecular weight excluding hydrogens is 402 g/mol. The Morgan fingerprint density at radius 2 is 1.63 bits per heavy atom. The smallest absolute Gasteiger partial charge is 0.219 e. The maximum absolute atomic E-state index is 11.7. The predicted octanol–water partition coefficient (Wildman–Crippen LogP) is -2.36. The first kappa shape index (κ1) is 25.4. The SMILES string of the molecule is CCCOC1[C@@H](CNC(=O)CC)O[C@H](OC2[C@@H](CO)O[C@H](C)[C@H](O)[C@H]2O)[C@H](O)[C@H]1O. The van der Waals surface area contributed by atoms with Gasteiger partial charge in [0.1, 0.15) is 48.8 Å². The topological polar surface area (TPSA) is 167 Å². The summed E-state index contributed by atoms with van der Waals surface area (Å²) >= 11 is 0. The van der Waals surface area contributed by atoms with E-state index in [-0.39, 0.29) is 18.9 Å². The Hall–Kier alpha value is -0.890. The number of hydrogen-bond acceptors (Lipinski definition) is 10. The zero-order valence-corrected chi connectivity index (χ0v) is 17.6. The second-order valence-corrected chi connectivity index (χ2v) is 7.66. The van der Waals surface area contributed by atoms with Gasteiger partial charge in [0.15, 0.2) is 6.29 Å². The van der Waals surface area contributed by atoms with Crippen molar-refractivity contribution < 1.29 is 49.3 Å². The molecular formula is C19H35NO10. The van der Waals surface area contributed by atoms with Gasteiger partial charge in [0, 0.05) is 19.6 Å². The van der Waals surface area contributed by atoms with Gasteiger partial charge in [-0.15, -0.1) is 0 Å². The van der Waals surface area contributed by atoms with Gasteiger partial charge >= 0.3 is 0 Å². The lowest BCUT2D eigenvalue weighted by Crippen LogP contribution is -2.65. The van der Waals surface area contributed by atoms with Crippen LogP contribution in [0.15, 0.2) is 0 Å².